The predicted molar refractivity (Wildman–Crippen MR) is 99.1 cm³/mol. The van der Waals surface area contributed by atoms with Crippen LogP contribution in [0.1, 0.15) is 6.92 Å². The predicted octanol–water partition coefficient (Wildman–Crippen LogP) is 3.07. The lowest BCUT2D eigenvalue weighted by molar-refractivity contribution is -0.115. The van der Waals surface area contributed by atoms with Gasteiger partial charge >= 0.3 is 0 Å². The van der Waals surface area contributed by atoms with E-state index in [9.17, 15) is 4.79 Å². The maximum Gasteiger partial charge on any atom is 0.239 e. The number of benzene rings is 1. The summed E-state index contributed by atoms with van der Waals surface area (Å²) in [5.41, 5.74) is 0.904. The molecule has 1 aromatic carbocycles. The molecule has 2 heterocycles. The molecule has 3 aromatic rings. The van der Waals surface area contributed by atoms with E-state index in [-0.39, 0.29) is 11.2 Å². The van der Waals surface area contributed by atoms with Crippen molar-refractivity contribution in [3.8, 4) is 17.1 Å². The quantitative estimate of drug-likeness (QED) is 0.667. The van der Waals surface area contributed by atoms with Crippen molar-refractivity contribution in [3.05, 3.63) is 35.8 Å². The highest BCUT2D eigenvalue weighted by atomic mass is 32.2. The first-order valence-corrected chi connectivity index (χ1v) is 9.25. The summed E-state index contributed by atoms with van der Waals surface area (Å²) >= 11 is 2.73. The van der Waals surface area contributed by atoms with Gasteiger partial charge in [-0.1, -0.05) is 23.9 Å². The summed E-state index contributed by atoms with van der Waals surface area (Å²) in [5.74, 6) is 1.35. The van der Waals surface area contributed by atoms with Gasteiger partial charge in [0.25, 0.3) is 0 Å². The van der Waals surface area contributed by atoms with E-state index >= 15 is 0 Å². The summed E-state index contributed by atoms with van der Waals surface area (Å²) in [7, 11) is 3.50. The second-order valence-corrected chi connectivity index (χ2v) is 7.39. The maximum absolute atomic E-state index is 12.2. The zero-order valence-electron chi connectivity index (χ0n) is 14.0. The van der Waals surface area contributed by atoms with Gasteiger partial charge in [0, 0.05) is 24.2 Å². The molecule has 0 fully saturated rings. The molecule has 1 N–H and O–H groups in total. The van der Waals surface area contributed by atoms with Crippen LogP contribution in [0.15, 0.2) is 41.0 Å². The zero-order valence-corrected chi connectivity index (χ0v) is 15.6. The number of rotatable bonds is 6. The number of hydrogen-bond acceptors (Lipinski definition) is 7. The van der Waals surface area contributed by atoms with Gasteiger partial charge in [0.15, 0.2) is 16.1 Å². The largest absolute Gasteiger partial charge is 0.497 e. The Bertz CT molecular complexity index is 863. The number of anilines is 1. The van der Waals surface area contributed by atoms with Gasteiger partial charge < -0.3 is 14.6 Å². The molecule has 2 aromatic heterocycles. The van der Waals surface area contributed by atoms with Crippen LogP contribution >= 0.6 is 23.1 Å². The van der Waals surface area contributed by atoms with Gasteiger partial charge in [-0.05, 0) is 19.1 Å². The summed E-state index contributed by atoms with van der Waals surface area (Å²) in [5, 5.41) is 14.0. The van der Waals surface area contributed by atoms with Crippen molar-refractivity contribution >= 4 is 34.1 Å². The minimum Gasteiger partial charge on any atom is -0.497 e. The number of carbonyl (C=O) groups excluding carboxylic acids is 1. The minimum absolute atomic E-state index is 0.120. The number of thioether (sulfide) groups is 1. The van der Waals surface area contributed by atoms with E-state index in [0.717, 1.165) is 11.3 Å². The number of ether oxygens (including phenoxy) is 1. The Hall–Kier alpha value is -2.39. The van der Waals surface area contributed by atoms with E-state index in [1.54, 1.807) is 13.3 Å². The van der Waals surface area contributed by atoms with Crippen LogP contribution in [0.25, 0.3) is 11.4 Å². The lowest BCUT2D eigenvalue weighted by Crippen LogP contribution is -2.22. The molecule has 1 atom stereocenters. The molecule has 0 saturated carbocycles. The molecule has 0 spiro atoms. The number of hydrogen-bond donors (Lipinski definition) is 1. The third kappa shape index (κ3) is 3.99. The Balaban J connectivity index is 1.73. The third-order valence-electron chi connectivity index (χ3n) is 3.48. The van der Waals surface area contributed by atoms with Crippen molar-refractivity contribution in [2.45, 2.75) is 17.3 Å². The standard InChI is InChI=1S/C16H17N5O2S2/c1-10(14(22)18-15-17-7-8-24-15)25-16-20-19-13(21(16)2)11-5-4-6-12(9-11)23-3/h4-10H,1-3H3,(H,17,18,22)/t10-/m1/s1. The summed E-state index contributed by atoms with van der Waals surface area (Å²) in [6.45, 7) is 1.83. The minimum atomic E-state index is -0.329. The SMILES string of the molecule is COc1cccc(-c2nnc(S[C@H](C)C(=O)Nc3nccs3)n2C)c1. The van der Waals surface area contributed by atoms with Gasteiger partial charge in [-0.25, -0.2) is 4.98 Å². The molecule has 130 valence electrons. The number of nitrogens with zero attached hydrogens (tertiary/aromatic N) is 4. The normalized spacial score (nSPS) is 12.0. The van der Waals surface area contributed by atoms with Crippen LogP contribution in [-0.2, 0) is 11.8 Å². The van der Waals surface area contributed by atoms with Gasteiger partial charge in [-0.2, -0.15) is 0 Å². The molecule has 0 aliphatic carbocycles. The number of carbonyl (C=O) groups is 1. The van der Waals surface area contributed by atoms with Crippen LogP contribution in [0, 0.1) is 0 Å². The van der Waals surface area contributed by atoms with Gasteiger partial charge in [-0.3, -0.25) is 4.79 Å². The van der Waals surface area contributed by atoms with Crippen molar-refractivity contribution in [3.63, 3.8) is 0 Å². The fourth-order valence-electron chi connectivity index (χ4n) is 2.13. The molecular weight excluding hydrogens is 358 g/mol. The number of amides is 1. The van der Waals surface area contributed by atoms with E-state index in [4.69, 9.17) is 4.74 Å². The van der Waals surface area contributed by atoms with Gasteiger partial charge in [0.1, 0.15) is 5.75 Å². The first-order valence-electron chi connectivity index (χ1n) is 7.49. The molecule has 1 amide bonds. The monoisotopic (exact) mass is 375 g/mol. The van der Waals surface area contributed by atoms with Crippen LogP contribution in [0.4, 0.5) is 5.13 Å². The molecule has 0 bridgehead atoms. The molecule has 7 nitrogen and oxygen atoms in total. The van der Waals surface area contributed by atoms with E-state index in [2.05, 4.69) is 20.5 Å². The molecule has 9 heteroatoms. The second kappa shape index (κ2) is 7.66. The first kappa shape index (κ1) is 17.4. The van der Waals surface area contributed by atoms with E-state index in [1.165, 1.54) is 23.1 Å². The molecule has 0 aliphatic heterocycles. The highest BCUT2D eigenvalue weighted by Crippen LogP contribution is 2.28. The zero-order chi connectivity index (χ0) is 17.8. The molecule has 0 radical (unpaired) electrons. The van der Waals surface area contributed by atoms with Crippen molar-refractivity contribution < 1.29 is 9.53 Å². The summed E-state index contributed by atoms with van der Waals surface area (Å²) < 4.78 is 7.12. The Kier molecular flexibility index (Phi) is 5.34. The topological polar surface area (TPSA) is 81.9 Å². The van der Waals surface area contributed by atoms with Crippen LogP contribution in [0.2, 0.25) is 0 Å². The number of nitrogens with one attached hydrogen (secondary N) is 1. The average Bonchev–Trinajstić information content (AvgIpc) is 3.25. The van der Waals surface area contributed by atoms with Crippen molar-refractivity contribution in [1.82, 2.24) is 19.7 Å². The highest BCUT2D eigenvalue weighted by molar-refractivity contribution is 8.00. The lowest BCUT2D eigenvalue weighted by Gasteiger charge is -2.10. The molecule has 0 unspecified atom stereocenters. The molecule has 25 heavy (non-hydrogen) atoms. The smallest absolute Gasteiger partial charge is 0.239 e. The Labute approximate surface area is 153 Å². The lowest BCUT2D eigenvalue weighted by atomic mass is 10.2. The summed E-state index contributed by atoms with van der Waals surface area (Å²) in [6, 6.07) is 7.62. The van der Waals surface area contributed by atoms with Crippen LogP contribution < -0.4 is 10.1 Å². The highest BCUT2D eigenvalue weighted by Gasteiger charge is 2.20. The molecule has 3 rings (SSSR count). The van der Waals surface area contributed by atoms with Crippen molar-refractivity contribution in [1.29, 1.82) is 0 Å². The van der Waals surface area contributed by atoms with Crippen LogP contribution in [0.5, 0.6) is 5.75 Å². The van der Waals surface area contributed by atoms with E-state index in [1.807, 2.05) is 48.2 Å². The fourth-order valence-corrected chi connectivity index (χ4v) is 3.48. The van der Waals surface area contributed by atoms with Crippen molar-refractivity contribution in [2.24, 2.45) is 7.05 Å². The molecular formula is C16H17N5O2S2. The maximum atomic E-state index is 12.2. The van der Waals surface area contributed by atoms with E-state index in [0.29, 0.717) is 16.1 Å². The van der Waals surface area contributed by atoms with Crippen LogP contribution in [0.3, 0.4) is 0 Å². The fraction of sp³-hybridized carbons (Fsp3) is 0.250. The van der Waals surface area contributed by atoms with Gasteiger partial charge in [-0.15, -0.1) is 21.5 Å². The average molecular weight is 375 g/mol. The van der Waals surface area contributed by atoms with Crippen molar-refractivity contribution in [2.75, 3.05) is 12.4 Å². The number of methoxy groups -OCH3 is 1. The third-order valence-corrected chi connectivity index (χ3v) is 5.30. The second-order valence-electron chi connectivity index (χ2n) is 5.18. The van der Waals surface area contributed by atoms with Gasteiger partial charge in [0.2, 0.25) is 5.91 Å². The summed E-state index contributed by atoms with van der Waals surface area (Å²) in [6.07, 6.45) is 1.65. The first-order chi connectivity index (χ1) is 12.1. The molecule has 0 saturated heterocycles. The van der Waals surface area contributed by atoms with Gasteiger partial charge in [0.05, 0.1) is 12.4 Å². The van der Waals surface area contributed by atoms with E-state index < -0.39 is 0 Å². The summed E-state index contributed by atoms with van der Waals surface area (Å²) in [4.78, 5) is 16.3. The number of aromatic nitrogens is 4. The molecule has 0 aliphatic rings. The Morgan fingerprint density at radius 3 is 2.96 bits per heavy atom. The Morgan fingerprint density at radius 2 is 2.24 bits per heavy atom. The van der Waals surface area contributed by atoms with Crippen LogP contribution in [-0.4, -0.2) is 38.0 Å². The Morgan fingerprint density at radius 1 is 1.40 bits per heavy atom. The number of thiazole rings is 1.